The molecule has 0 spiro atoms. The van der Waals surface area contributed by atoms with Gasteiger partial charge in [-0.15, -0.1) is 0 Å². The Balaban J connectivity index is 1.39. The second kappa shape index (κ2) is 10.1. The molecular weight excluding hydrogens is 508 g/mol. The summed E-state index contributed by atoms with van der Waals surface area (Å²) in [7, 11) is 0. The minimum absolute atomic E-state index is 1.12. The highest BCUT2D eigenvalue weighted by atomic mass is 15.1. The van der Waals surface area contributed by atoms with Crippen molar-refractivity contribution in [1.29, 1.82) is 0 Å². The van der Waals surface area contributed by atoms with E-state index in [2.05, 4.69) is 179 Å². The van der Waals surface area contributed by atoms with Gasteiger partial charge in [0.25, 0.3) is 0 Å². The van der Waals surface area contributed by atoms with Crippen LogP contribution >= 0.6 is 0 Å². The molecule has 0 amide bonds. The quantitative estimate of drug-likeness (QED) is 0.212. The first-order chi connectivity index (χ1) is 20.9. The van der Waals surface area contributed by atoms with Crippen molar-refractivity contribution in [2.24, 2.45) is 0 Å². The van der Waals surface area contributed by atoms with Gasteiger partial charge in [0.2, 0.25) is 0 Å². The highest BCUT2D eigenvalue weighted by Gasteiger charge is 2.20. The maximum absolute atomic E-state index is 2.44. The average Bonchev–Trinajstić information content (AvgIpc) is 3.39. The summed E-state index contributed by atoms with van der Waals surface area (Å²) in [6.07, 6.45) is 0. The number of rotatable bonds is 5. The van der Waals surface area contributed by atoms with Gasteiger partial charge in [0.15, 0.2) is 0 Å². The molecule has 2 nitrogen and oxygen atoms in total. The van der Waals surface area contributed by atoms with E-state index in [1.54, 1.807) is 0 Å². The molecule has 2 heteroatoms. The van der Waals surface area contributed by atoms with Gasteiger partial charge in [-0.1, -0.05) is 109 Å². The summed E-state index contributed by atoms with van der Waals surface area (Å²) in [5, 5.41) is 5.04. The smallest absolute Gasteiger partial charge is 0.0625 e. The third kappa shape index (κ3) is 3.96. The van der Waals surface area contributed by atoms with E-state index in [1.807, 2.05) is 0 Å². The molecule has 42 heavy (non-hydrogen) atoms. The third-order valence-corrected chi connectivity index (χ3v) is 8.14. The van der Waals surface area contributed by atoms with Crippen LogP contribution in [0, 0.1) is 0 Å². The van der Waals surface area contributed by atoms with Crippen molar-refractivity contribution in [2.45, 2.75) is 0 Å². The zero-order chi connectivity index (χ0) is 27.9. The van der Waals surface area contributed by atoms with Crippen LogP contribution in [-0.4, -0.2) is 4.57 Å². The number of benzene rings is 7. The summed E-state index contributed by atoms with van der Waals surface area (Å²) >= 11 is 0. The van der Waals surface area contributed by atoms with Gasteiger partial charge in [-0.05, 0) is 77.0 Å². The topological polar surface area (TPSA) is 8.17 Å². The van der Waals surface area contributed by atoms with E-state index in [9.17, 15) is 0 Å². The number of fused-ring (bicyclic) bond motifs is 4. The van der Waals surface area contributed by atoms with Crippen LogP contribution in [0.25, 0.3) is 49.4 Å². The normalized spacial score (nSPS) is 11.3. The fourth-order valence-corrected chi connectivity index (χ4v) is 6.31. The standard InChI is InChI=1S/C40H28N2/c1-4-14-29(15-5-1)39-35-21-11-10-16-30(35)28-37-36-22-12-13-23-38(36)42(40(37)39)34-26-24-33(25-27-34)41(31-17-6-2-7-18-31)32-19-8-3-9-20-32/h1-28H. The highest BCUT2D eigenvalue weighted by Crippen LogP contribution is 2.43. The molecule has 0 aliphatic rings. The number of nitrogens with zero attached hydrogens (tertiary/aromatic N) is 2. The Morgan fingerprint density at radius 3 is 1.60 bits per heavy atom. The SMILES string of the molecule is c1ccc(-c2c3ccccc3cc3c4ccccc4n(-c4ccc(N(c5ccccc5)c5ccccc5)cc4)c23)cc1. The van der Waals surface area contributed by atoms with E-state index < -0.39 is 0 Å². The summed E-state index contributed by atoms with van der Waals surface area (Å²) in [4.78, 5) is 2.30. The zero-order valence-corrected chi connectivity index (χ0v) is 23.1. The predicted octanol–water partition coefficient (Wildman–Crippen LogP) is 11.1. The predicted molar refractivity (Wildman–Crippen MR) is 178 cm³/mol. The molecule has 0 radical (unpaired) electrons. The van der Waals surface area contributed by atoms with Gasteiger partial charge >= 0.3 is 0 Å². The molecule has 8 rings (SSSR count). The van der Waals surface area contributed by atoms with Crippen LogP contribution < -0.4 is 4.90 Å². The van der Waals surface area contributed by atoms with E-state index >= 15 is 0 Å². The Kier molecular flexibility index (Phi) is 5.82. The first kappa shape index (κ1) is 24.2. The summed E-state index contributed by atoms with van der Waals surface area (Å²) in [6, 6.07) is 60.8. The van der Waals surface area contributed by atoms with E-state index in [0.29, 0.717) is 0 Å². The second-order valence-corrected chi connectivity index (χ2v) is 10.6. The number of para-hydroxylation sites is 3. The van der Waals surface area contributed by atoms with Crippen LogP contribution in [0.15, 0.2) is 170 Å². The summed E-state index contributed by atoms with van der Waals surface area (Å²) in [5.41, 5.74) is 9.44. The maximum Gasteiger partial charge on any atom is 0.0625 e. The lowest BCUT2D eigenvalue weighted by Gasteiger charge is -2.25. The van der Waals surface area contributed by atoms with E-state index in [0.717, 1.165) is 22.7 Å². The molecule has 8 aromatic rings. The molecule has 1 heterocycles. The maximum atomic E-state index is 2.44. The molecule has 7 aromatic carbocycles. The van der Waals surface area contributed by atoms with Crippen molar-refractivity contribution in [3.05, 3.63) is 170 Å². The molecule has 0 bridgehead atoms. The van der Waals surface area contributed by atoms with Crippen molar-refractivity contribution in [2.75, 3.05) is 4.90 Å². The largest absolute Gasteiger partial charge is 0.311 e. The number of hydrogen-bond donors (Lipinski definition) is 0. The first-order valence-corrected chi connectivity index (χ1v) is 14.4. The van der Waals surface area contributed by atoms with Crippen molar-refractivity contribution in [3.8, 4) is 16.8 Å². The first-order valence-electron chi connectivity index (χ1n) is 14.4. The van der Waals surface area contributed by atoms with Crippen molar-refractivity contribution >= 4 is 49.6 Å². The molecule has 198 valence electrons. The molecule has 0 saturated heterocycles. The Labute approximate surface area is 245 Å². The lowest BCUT2D eigenvalue weighted by atomic mass is 9.95. The molecule has 0 N–H and O–H groups in total. The number of anilines is 3. The molecule has 0 atom stereocenters. The number of aromatic nitrogens is 1. The average molecular weight is 537 g/mol. The molecule has 0 aliphatic heterocycles. The molecule has 0 unspecified atom stereocenters. The minimum Gasteiger partial charge on any atom is -0.311 e. The lowest BCUT2D eigenvalue weighted by molar-refractivity contribution is 1.18. The summed E-state index contributed by atoms with van der Waals surface area (Å²) in [5.74, 6) is 0. The Bertz CT molecular complexity index is 2120. The van der Waals surface area contributed by atoms with Crippen LogP contribution in [0.2, 0.25) is 0 Å². The van der Waals surface area contributed by atoms with Gasteiger partial charge in [-0.2, -0.15) is 0 Å². The van der Waals surface area contributed by atoms with Crippen LogP contribution in [0.5, 0.6) is 0 Å². The van der Waals surface area contributed by atoms with Crippen molar-refractivity contribution in [1.82, 2.24) is 4.57 Å². The van der Waals surface area contributed by atoms with Gasteiger partial charge in [-0.3, -0.25) is 0 Å². The van der Waals surface area contributed by atoms with Gasteiger partial charge in [0, 0.05) is 39.1 Å². The molecular formula is C40H28N2. The Hall–Kier alpha value is -5.60. The summed E-state index contributed by atoms with van der Waals surface area (Å²) < 4.78 is 2.44. The van der Waals surface area contributed by atoms with E-state index in [4.69, 9.17) is 0 Å². The monoisotopic (exact) mass is 536 g/mol. The fraction of sp³-hybridized carbons (Fsp3) is 0. The van der Waals surface area contributed by atoms with Crippen molar-refractivity contribution < 1.29 is 0 Å². The van der Waals surface area contributed by atoms with Gasteiger partial charge < -0.3 is 9.47 Å². The van der Waals surface area contributed by atoms with Crippen LogP contribution in [0.4, 0.5) is 17.1 Å². The van der Waals surface area contributed by atoms with Crippen LogP contribution in [0.3, 0.4) is 0 Å². The zero-order valence-electron chi connectivity index (χ0n) is 23.1. The van der Waals surface area contributed by atoms with E-state index in [-0.39, 0.29) is 0 Å². The molecule has 0 aliphatic carbocycles. The van der Waals surface area contributed by atoms with E-state index in [1.165, 1.54) is 43.7 Å². The third-order valence-electron chi connectivity index (χ3n) is 8.14. The fourth-order valence-electron chi connectivity index (χ4n) is 6.31. The molecule has 0 saturated carbocycles. The highest BCUT2D eigenvalue weighted by molar-refractivity contribution is 6.21. The minimum atomic E-state index is 1.12. The van der Waals surface area contributed by atoms with Crippen LogP contribution in [0.1, 0.15) is 0 Å². The van der Waals surface area contributed by atoms with Gasteiger partial charge in [-0.25, -0.2) is 0 Å². The Morgan fingerprint density at radius 1 is 0.405 bits per heavy atom. The molecule has 1 aromatic heterocycles. The lowest BCUT2D eigenvalue weighted by Crippen LogP contribution is -2.09. The van der Waals surface area contributed by atoms with Gasteiger partial charge in [0.05, 0.1) is 11.0 Å². The van der Waals surface area contributed by atoms with Gasteiger partial charge in [0.1, 0.15) is 0 Å². The Morgan fingerprint density at radius 2 is 0.929 bits per heavy atom. The summed E-state index contributed by atoms with van der Waals surface area (Å²) in [6.45, 7) is 0. The number of hydrogen-bond acceptors (Lipinski definition) is 1. The second-order valence-electron chi connectivity index (χ2n) is 10.6. The van der Waals surface area contributed by atoms with Crippen molar-refractivity contribution in [3.63, 3.8) is 0 Å². The molecule has 0 fully saturated rings. The van der Waals surface area contributed by atoms with Crippen LogP contribution in [-0.2, 0) is 0 Å².